The summed E-state index contributed by atoms with van der Waals surface area (Å²) in [5, 5.41) is 1.59. The second kappa shape index (κ2) is 7.65. The molecule has 0 aromatic carbocycles. The van der Waals surface area contributed by atoms with Crippen LogP contribution in [-0.4, -0.2) is 37.1 Å². The minimum Gasteiger partial charge on any atom is -0.465 e. The number of carbonyl (C=O) groups excluding carboxylic acids is 1. The molecule has 0 radical (unpaired) electrons. The van der Waals surface area contributed by atoms with E-state index in [9.17, 15) is 13.2 Å². The average molecular weight is 420 g/mol. The number of hydrogen-bond donors (Lipinski definition) is 1. The van der Waals surface area contributed by atoms with Gasteiger partial charge in [-0.15, -0.1) is 11.3 Å². The second-order valence-corrected chi connectivity index (χ2v) is 9.47. The number of sulfonamides is 1. The number of hydrogen-bond acceptors (Lipinski definition) is 6. The van der Waals surface area contributed by atoms with Crippen LogP contribution in [0.5, 0.6) is 0 Å². The van der Waals surface area contributed by atoms with Gasteiger partial charge in [0, 0.05) is 30.0 Å². The largest absolute Gasteiger partial charge is 0.465 e. The maximum absolute atomic E-state index is 12.8. The molecule has 3 heterocycles. The molecule has 1 aliphatic carbocycles. The lowest BCUT2D eigenvalue weighted by Gasteiger charge is -2.31. The predicted octanol–water partition coefficient (Wildman–Crippen LogP) is 3.30. The topological polar surface area (TPSA) is 90.3 Å². The number of rotatable bonds is 5. The van der Waals surface area contributed by atoms with Gasteiger partial charge in [0.2, 0.25) is 10.0 Å². The molecule has 148 valence electrons. The van der Waals surface area contributed by atoms with Crippen molar-refractivity contribution in [1.29, 1.82) is 0 Å². The molecule has 0 saturated heterocycles. The number of pyridine rings is 1. The molecule has 28 heavy (non-hydrogen) atoms. The second-order valence-electron chi connectivity index (χ2n) is 6.87. The maximum Gasteiger partial charge on any atom is 0.349 e. The van der Waals surface area contributed by atoms with E-state index in [1.54, 1.807) is 11.6 Å². The van der Waals surface area contributed by atoms with Gasteiger partial charge in [-0.3, -0.25) is 0 Å². The zero-order valence-corrected chi connectivity index (χ0v) is 17.0. The highest BCUT2D eigenvalue weighted by atomic mass is 32.2. The Bertz CT molecular complexity index is 1050. The van der Waals surface area contributed by atoms with E-state index in [0.717, 1.165) is 48.4 Å². The van der Waals surface area contributed by atoms with E-state index >= 15 is 0 Å². The number of thiophene rings is 1. The molecule has 4 rings (SSSR count). The van der Waals surface area contributed by atoms with Crippen molar-refractivity contribution < 1.29 is 17.9 Å². The molecule has 0 atom stereocenters. The highest BCUT2D eigenvalue weighted by Gasteiger charge is 2.30. The van der Waals surface area contributed by atoms with Gasteiger partial charge in [0.1, 0.15) is 15.6 Å². The van der Waals surface area contributed by atoms with Crippen molar-refractivity contribution in [3.8, 4) is 11.4 Å². The van der Waals surface area contributed by atoms with Crippen molar-refractivity contribution >= 4 is 27.3 Å². The van der Waals surface area contributed by atoms with Crippen LogP contribution in [0.15, 0.2) is 46.9 Å². The van der Waals surface area contributed by atoms with E-state index in [2.05, 4.69) is 19.0 Å². The van der Waals surface area contributed by atoms with E-state index in [0.29, 0.717) is 6.04 Å². The Morgan fingerprint density at radius 2 is 2.04 bits per heavy atom. The third-order valence-corrected chi connectivity index (χ3v) is 7.76. The van der Waals surface area contributed by atoms with Crippen molar-refractivity contribution in [3.63, 3.8) is 0 Å². The van der Waals surface area contributed by atoms with E-state index in [1.807, 2.05) is 24.4 Å². The first-order chi connectivity index (χ1) is 13.5. The van der Waals surface area contributed by atoms with Crippen LogP contribution in [0.2, 0.25) is 0 Å². The maximum atomic E-state index is 12.8. The Morgan fingerprint density at radius 3 is 2.79 bits per heavy atom. The first kappa shape index (κ1) is 19.1. The molecule has 1 aromatic heterocycles. The average Bonchev–Trinajstić information content (AvgIpc) is 3.37. The van der Waals surface area contributed by atoms with Crippen LogP contribution >= 0.6 is 11.3 Å². The van der Waals surface area contributed by atoms with E-state index < -0.39 is 16.0 Å². The highest BCUT2D eigenvalue weighted by molar-refractivity contribution is 7.89. The Labute approximate surface area is 167 Å². The number of fused-ring (bicyclic) bond motifs is 1. The van der Waals surface area contributed by atoms with Crippen molar-refractivity contribution in [3.05, 3.63) is 46.9 Å². The van der Waals surface area contributed by atoms with Gasteiger partial charge >= 0.3 is 5.97 Å². The normalized spacial score (nSPS) is 20.3. The Hall–Kier alpha value is -2.23. The third kappa shape index (κ3) is 3.57. The summed E-state index contributed by atoms with van der Waals surface area (Å²) in [4.78, 5) is 16.4. The van der Waals surface area contributed by atoms with E-state index in [1.165, 1.54) is 13.2 Å². The molecule has 2 aliphatic heterocycles. The summed E-state index contributed by atoms with van der Waals surface area (Å²) in [5.74, 6) is 0.332. The van der Waals surface area contributed by atoms with Gasteiger partial charge in [0.25, 0.3) is 0 Å². The van der Waals surface area contributed by atoms with Gasteiger partial charge in [0.05, 0.1) is 7.11 Å². The van der Waals surface area contributed by atoms with Crippen LogP contribution in [0.3, 0.4) is 0 Å². The first-order valence-electron chi connectivity index (χ1n) is 9.09. The van der Waals surface area contributed by atoms with Crippen LogP contribution in [0.4, 0.5) is 0 Å². The predicted molar refractivity (Wildman–Crippen MR) is 106 cm³/mol. The number of esters is 1. The van der Waals surface area contributed by atoms with Crippen LogP contribution < -0.4 is 4.72 Å². The molecule has 0 amide bonds. The van der Waals surface area contributed by atoms with Gasteiger partial charge in [-0.05, 0) is 55.3 Å². The molecule has 1 aromatic rings. The zero-order chi connectivity index (χ0) is 19.7. The first-order valence-corrected chi connectivity index (χ1v) is 11.5. The van der Waals surface area contributed by atoms with Crippen molar-refractivity contribution in [2.45, 2.75) is 42.7 Å². The molecule has 3 aliphatic rings. The van der Waals surface area contributed by atoms with Crippen LogP contribution in [0, 0.1) is 0 Å². The molecule has 1 fully saturated rings. The van der Waals surface area contributed by atoms with Crippen molar-refractivity contribution in [2.75, 3.05) is 7.11 Å². The molecule has 1 saturated carbocycles. The lowest BCUT2D eigenvalue weighted by Crippen LogP contribution is -2.38. The summed E-state index contributed by atoms with van der Waals surface area (Å²) in [5.41, 5.74) is 1.11. The summed E-state index contributed by atoms with van der Waals surface area (Å²) in [7, 11) is -2.53. The van der Waals surface area contributed by atoms with E-state index in [-0.39, 0.29) is 15.8 Å². The SMILES string of the molecule is COC(=O)c1sccc1S(=O)(=O)NC1CCC(n2cccc3ccnc2-3)CC1. The van der Waals surface area contributed by atoms with Crippen molar-refractivity contribution in [2.24, 2.45) is 0 Å². The minimum atomic E-state index is -3.77. The molecule has 0 unspecified atom stereocenters. The number of carbonyl (C=O) groups is 1. The molecule has 7 nitrogen and oxygen atoms in total. The summed E-state index contributed by atoms with van der Waals surface area (Å²) >= 11 is 1.07. The minimum absolute atomic E-state index is 0.00778. The summed E-state index contributed by atoms with van der Waals surface area (Å²) in [6.07, 6.45) is 7.02. The van der Waals surface area contributed by atoms with Gasteiger partial charge in [0.15, 0.2) is 0 Å². The smallest absolute Gasteiger partial charge is 0.349 e. The fraction of sp³-hybridized carbons (Fsp3) is 0.368. The summed E-state index contributed by atoms with van der Waals surface area (Å²) in [6, 6.07) is 7.64. The third-order valence-electron chi connectivity index (χ3n) is 5.18. The van der Waals surface area contributed by atoms with Crippen LogP contribution in [0.1, 0.15) is 41.4 Å². The number of methoxy groups -OCH3 is 1. The van der Waals surface area contributed by atoms with Gasteiger partial charge in [-0.1, -0.05) is 0 Å². The fourth-order valence-corrected chi connectivity index (χ4v) is 6.43. The summed E-state index contributed by atoms with van der Waals surface area (Å²) < 4.78 is 35.2. The Kier molecular flexibility index (Phi) is 5.22. The number of ether oxygens (including phenoxy) is 1. The summed E-state index contributed by atoms with van der Waals surface area (Å²) in [6.45, 7) is 0. The molecular formula is C19H21N3O4S2. The zero-order valence-electron chi connectivity index (χ0n) is 15.4. The standard InChI is InChI=1S/C19H21N3O4S2/c1-26-19(23)17-16(9-12-27-17)28(24,25)21-14-4-6-15(7-5-14)22-11-2-3-13-8-10-20-18(13)22/h2-3,8-12,14-15,21H,4-7H2,1H3. The van der Waals surface area contributed by atoms with Crippen LogP contribution in [-0.2, 0) is 14.8 Å². The molecule has 0 bridgehead atoms. The van der Waals surface area contributed by atoms with Crippen LogP contribution in [0.25, 0.3) is 11.4 Å². The Morgan fingerprint density at radius 1 is 1.25 bits per heavy atom. The van der Waals surface area contributed by atoms with Gasteiger partial charge in [-0.25, -0.2) is 22.9 Å². The molecular weight excluding hydrogens is 398 g/mol. The lowest BCUT2D eigenvalue weighted by atomic mass is 9.91. The number of nitrogens with zero attached hydrogens (tertiary/aromatic N) is 2. The monoisotopic (exact) mass is 419 g/mol. The van der Waals surface area contributed by atoms with Gasteiger partial charge < -0.3 is 9.30 Å². The highest BCUT2D eigenvalue weighted by Crippen LogP contribution is 2.33. The Balaban J connectivity index is 1.44. The number of nitrogens with one attached hydrogen (secondary N) is 1. The van der Waals surface area contributed by atoms with Crippen molar-refractivity contribution in [1.82, 2.24) is 14.3 Å². The molecule has 0 spiro atoms. The van der Waals surface area contributed by atoms with E-state index in [4.69, 9.17) is 0 Å². The molecule has 9 heteroatoms. The fourth-order valence-electron chi connectivity index (χ4n) is 3.79. The van der Waals surface area contributed by atoms with Gasteiger partial charge in [-0.2, -0.15) is 0 Å². The molecule has 1 N–H and O–H groups in total. The lowest BCUT2D eigenvalue weighted by molar-refractivity contribution is 0.0602. The number of aromatic nitrogens is 2. The quantitative estimate of drug-likeness (QED) is 0.641.